The van der Waals surface area contributed by atoms with Gasteiger partial charge in [0.05, 0.1) is 46.7 Å². The number of nitrogens with zero attached hydrogens (tertiary/aromatic N) is 5. The zero-order valence-electron chi connectivity index (χ0n) is 20.3. The normalized spacial score (nSPS) is 14.8. The molecule has 1 N–H and O–H groups in total. The van der Waals surface area contributed by atoms with Crippen molar-refractivity contribution in [1.29, 1.82) is 5.26 Å². The number of rotatable bonds is 6. The molecule has 1 fully saturated rings. The van der Waals surface area contributed by atoms with Crippen LogP contribution in [0.5, 0.6) is 0 Å². The maximum atomic E-state index is 14.3. The van der Waals surface area contributed by atoms with Crippen LogP contribution in [0.4, 0.5) is 15.8 Å². The highest BCUT2D eigenvalue weighted by molar-refractivity contribution is 6.12. The number of hydrogen-bond donors (Lipinski definition) is 1. The summed E-state index contributed by atoms with van der Waals surface area (Å²) < 4.78 is 15.8. The van der Waals surface area contributed by atoms with Crippen LogP contribution in [0.3, 0.4) is 0 Å². The third-order valence-electron chi connectivity index (χ3n) is 6.80. The number of aromatic nitrogens is 3. The largest absolute Gasteiger partial charge is 0.370 e. The molecule has 1 amide bonds. The lowest BCUT2D eigenvalue weighted by atomic mass is 9.74. The van der Waals surface area contributed by atoms with E-state index in [1.807, 2.05) is 35.2 Å². The first kappa shape index (κ1) is 24.1. The second-order valence-electron chi connectivity index (χ2n) is 9.31. The predicted molar refractivity (Wildman–Crippen MR) is 138 cm³/mol. The Hall–Kier alpha value is -4.58. The van der Waals surface area contributed by atoms with Crippen molar-refractivity contribution in [1.82, 2.24) is 14.8 Å². The molecule has 0 unspecified atom stereocenters. The van der Waals surface area contributed by atoms with E-state index in [-0.39, 0.29) is 12.3 Å². The van der Waals surface area contributed by atoms with Gasteiger partial charge in [0.25, 0.3) is 5.91 Å². The molecule has 0 spiro atoms. The number of pyridine rings is 1. The van der Waals surface area contributed by atoms with Gasteiger partial charge in [0, 0.05) is 30.9 Å². The zero-order chi connectivity index (χ0) is 26.0. The number of hydrogen-bond acceptors (Lipinski definition) is 6. The van der Waals surface area contributed by atoms with Crippen LogP contribution in [0.25, 0.3) is 10.9 Å². The topological polar surface area (TPSA) is 104 Å². The number of benzene rings is 2. The van der Waals surface area contributed by atoms with E-state index in [0.29, 0.717) is 53.8 Å². The Labute approximate surface area is 213 Å². The molecule has 8 nitrogen and oxygen atoms in total. The molecular formula is C28H25FN6O2. The molecule has 0 saturated carbocycles. The minimum Gasteiger partial charge on any atom is -0.370 e. The van der Waals surface area contributed by atoms with Crippen molar-refractivity contribution in [3.05, 3.63) is 84.1 Å². The number of carbonyl (C=O) groups excluding carboxylic acids is 2. The van der Waals surface area contributed by atoms with Crippen molar-refractivity contribution in [2.75, 3.05) is 23.3 Å². The predicted octanol–water partition coefficient (Wildman–Crippen LogP) is 4.47. The second kappa shape index (κ2) is 9.82. The van der Waals surface area contributed by atoms with Crippen LogP contribution < -0.4 is 10.2 Å². The molecule has 1 aliphatic rings. The van der Waals surface area contributed by atoms with E-state index < -0.39 is 17.1 Å². The monoisotopic (exact) mass is 496 g/mol. The van der Waals surface area contributed by atoms with Crippen LogP contribution in [0, 0.1) is 17.1 Å². The average Bonchev–Trinajstić information content (AvgIpc) is 3.34. The van der Waals surface area contributed by atoms with Crippen molar-refractivity contribution < 1.29 is 14.0 Å². The van der Waals surface area contributed by atoms with Gasteiger partial charge in [0.1, 0.15) is 5.82 Å². The second-order valence-corrected chi connectivity index (χ2v) is 9.31. The van der Waals surface area contributed by atoms with Crippen LogP contribution in [-0.4, -0.2) is 39.5 Å². The fourth-order valence-electron chi connectivity index (χ4n) is 4.93. The molecule has 0 bridgehead atoms. The number of nitrogens with one attached hydrogen (secondary N) is 1. The summed E-state index contributed by atoms with van der Waals surface area (Å²) in [6.45, 7) is 2.58. The van der Waals surface area contributed by atoms with Gasteiger partial charge in [-0.15, -0.1) is 0 Å². The lowest BCUT2D eigenvalue weighted by Gasteiger charge is -2.39. The van der Waals surface area contributed by atoms with Gasteiger partial charge in [-0.2, -0.15) is 10.4 Å². The van der Waals surface area contributed by atoms with Gasteiger partial charge in [-0.1, -0.05) is 30.3 Å². The van der Waals surface area contributed by atoms with E-state index in [9.17, 15) is 19.2 Å². The van der Waals surface area contributed by atoms with E-state index in [1.54, 1.807) is 12.3 Å². The molecule has 0 atom stereocenters. The standard InChI is InChI=1S/C28H25FN6O2/c1-19(36)16-35-17-22(14-32-35)33-27(37)24-15-31-25-8-7-21(29)13-23(25)26(24)34-11-9-28(18-30,10-12-34)20-5-3-2-4-6-20/h2-8,13-15,17H,9-12,16H2,1H3,(H,33,37). The smallest absolute Gasteiger partial charge is 0.259 e. The van der Waals surface area contributed by atoms with Crippen molar-refractivity contribution >= 4 is 34.0 Å². The molecule has 0 aliphatic carbocycles. The van der Waals surface area contributed by atoms with Gasteiger partial charge in [0.15, 0.2) is 5.78 Å². The van der Waals surface area contributed by atoms with Crippen molar-refractivity contribution in [2.45, 2.75) is 31.7 Å². The number of piperidine rings is 1. The van der Waals surface area contributed by atoms with Crippen LogP contribution in [0.15, 0.2) is 67.1 Å². The number of fused-ring (bicyclic) bond motifs is 1. The third kappa shape index (κ3) is 4.78. The molecule has 37 heavy (non-hydrogen) atoms. The molecule has 3 heterocycles. The lowest BCUT2D eigenvalue weighted by Crippen LogP contribution is -2.42. The van der Waals surface area contributed by atoms with Crippen LogP contribution in [-0.2, 0) is 16.8 Å². The summed E-state index contributed by atoms with van der Waals surface area (Å²) in [6, 6.07) is 16.6. The third-order valence-corrected chi connectivity index (χ3v) is 6.80. The van der Waals surface area contributed by atoms with Crippen molar-refractivity contribution in [2.24, 2.45) is 0 Å². The SMILES string of the molecule is CC(=O)Cn1cc(NC(=O)c2cnc3ccc(F)cc3c2N2CCC(C#N)(c3ccccc3)CC2)cn1. The first-order chi connectivity index (χ1) is 17.9. The lowest BCUT2D eigenvalue weighted by molar-refractivity contribution is -0.117. The maximum absolute atomic E-state index is 14.3. The Balaban J connectivity index is 1.49. The molecule has 9 heteroatoms. The minimum atomic E-state index is -0.625. The number of nitriles is 1. The van der Waals surface area contributed by atoms with Crippen LogP contribution in [0.2, 0.25) is 0 Å². The highest BCUT2D eigenvalue weighted by Crippen LogP contribution is 2.39. The van der Waals surface area contributed by atoms with E-state index >= 15 is 0 Å². The molecular weight excluding hydrogens is 471 g/mol. The Morgan fingerprint density at radius 3 is 2.59 bits per heavy atom. The molecule has 0 radical (unpaired) electrons. The molecule has 186 valence electrons. The summed E-state index contributed by atoms with van der Waals surface area (Å²) in [7, 11) is 0. The number of carbonyl (C=O) groups is 2. The highest BCUT2D eigenvalue weighted by Gasteiger charge is 2.37. The highest BCUT2D eigenvalue weighted by atomic mass is 19.1. The number of halogens is 1. The Morgan fingerprint density at radius 1 is 1.14 bits per heavy atom. The molecule has 1 aliphatic heterocycles. The van der Waals surface area contributed by atoms with E-state index in [2.05, 4.69) is 21.5 Å². The molecule has 5 rings (SSSR count). The number of amides is 1. The van der Waals surface area contributed by atoms with Crippen LogP contribution in [0.1, 0.15) is 35.7 Å². The first-order valence-corrected chi connectivity index (χ1v) is 12.0. The average molecular weight is 497 g/mol. The summed E-state index contributed by atoms with van der Waals surface area (Å²) in [6.07, 6.45) is 5.66. The summed E-state index contributed by atoms with van der Waals surface area (Å²) in [5, 5.41) is 17.6. The van der Waals surface area contributed by atoms with Crippen LogP contribution >= 0.6 is 0 Å². The number of Topliss-reactive ketones (excluding diaryl/α,β-unsaturated/α-hetero) is 1. The van der Waals surface area contributed by atoms with Crippen molar-refractivity contribution in [3.8, 4) is 6.07 Å². The molecule has 4 aromatic rings. The Kier molecular flexibility index (Phi) is 6.40. The summed E-state index contributed by atoms with van der Waals surface area (Å²) in [5.41, 5.74) is 2.23. The molecule has 1 saturated heterocycles. The van der Waals surface area contributed by atoms with Gasteiger partial charge in [0.2, 0.25) is 0 Å². The molecule has 2 aromatic carbocycles. The fraction of sp³-hybridized carbons (Fsp3) is 0.250. The quantitative estimate of drug-likeness (QED) is 0.422. The van der Waals surface area contributed by atoms with E-state index in [1.165, 1.54) is 36.1 Å². The fourth-order valence-corrected chi connectivity index (χ4v) is 4.93. The Morgan fingerprint density at radius 2 is 1.89 bits per heavy atom. The van der Waals surface area contributed by atoms with Crippen molar-refractivity contribution in [3.63, 3.8) is 0 Å². The van der Waals surface area contributed by atoms with E-state index in [4.69, 9.17) is 0 Å². The van der Waals surface area contributed by atoms with Gasteiger partial charge in [-0.25, -0.2) is 4.39 Å². The van der Waals surface area contributed by atoms with Gasteiger partial charge >= 0.3 is 0 Å². The van der Waals surface area contributed by atoms with Gasteiger partial charge < -0.3 is 10.2 Å². The van der Waals surface area contributed by atoms with E-state index in [0.717, 1.165) is 5.56 Å². The van der Waals surface area contributed by atoms with Gasteiger partial charge in [-0.05, 0) is 43.5 Å². The summed E-state index contributed by atoms with van der Waals surface area (Å²) in [4.78, 5) is 31.2. The maximum Gasteiger partial charge on any atom is 0.259 e. The minimum absolute atomic E-state index is 0.0573. The summed E-state index contributed by atoms with van der Waals surface area (Å²) >= 11 is 0. The Bertz CT molecular complexity index is 1520. The zero-order valence-corrected chi connectivity index (χ0v) is 20.3. The molecule has 2 aromatic heterocycles. The number of ketones is 1. The first-order valence-electron chi connectivity index (χ1n) is 12.0. The van der Waals surface area contributed by atoms with Gasteiger partial charge in [-0.3, -0.25) is 19.3 Å². The number of anilines is 2. The summed E-state index contributed by atoms with van der Waals surface area (Å²) in [5.74, 6) is -0.902.